The molecule has 0 aromatic heterocycles. The van der Waals surface area contributed by atoms with Crippen LogP contribution in [-0.4, -0.2) is 149 Å². The van der Waals surface area contributed by atoms with Crippen molar-refractivity contribution in [1.82, 2.24) is 35.1 Å². The highest BCUT2D eigenvalue weighted by molar-refractivity contribution is 5.82. The van der Waals surface area contributed by atoms with Crippen LogP contribution < -0.4 is 10.6 Å². The lowest BCUT2D eigenvalue weighted by atomic mass is 9.73. The fourth-order valence-corrected chi connectivity index (χ4v) is 18.1. The molecule has 6 heterocycles. The van der Waals surface area contributed by atoms with Crippen LogP contribution in [0.15, 0.2) is 206 Å². The van der Waals surface area contributed by atoms with Crippen LogP contribution in [0.2, 0.25) is 0 Å². The van der Waals surface area contributed by atoms with E-state index in [-0.39, 0.29) is 77.0 Å². The summed E-state index contributed by atoms with van der Waals surface area (Å²) in [6.45, 7) is 10.6. The van der Waals surface area contributed by atoms with Gasteiger partial charge in [0.25, 0.3) is 0 Å². The molecule has 6 fully saturated rings. The third-order valence-corrected chi connectivity index (χ3v) is 25.4. The van der Waals surface area contributed by atoms with Crippen molar-refractivity contribution in [2.45, 2.75) is 202 Å². The minimum Gasteiger partial charge on any atom is -0.445 e. The van der Waals surface area contributed by atoms with Gasteiger partial charge in [-0.1, -0.05) is 187 Å². The molecule has 0 radical (unpaired) electrons. The Balaban J connectivity index is 0.000000171. The summed E-state index contributed by atoms with van der Waals surface area (Å²) in [4.78, 5) is 85.4. The molecule has 14 rings (SSSR count). The second kappa shape index (κ2) is 38.9. The summed E-state index contributed by atoms with van der Waals surface area (Å²) in [6, 6.07) is 59.0. The molecule has 0 aliphatic carbocycles. The van der Waals surface area contributed by atoms with Gasteiger partial charge >= 0.3 is 36.8 Å². The first-order chi connectivity index (χ1) is 59.3. The Hall–Kier alpha value is -10.9. The molecular formula is C96H108F9N7O13. The molecule has 8 aromatic carbocycles. The van der Waals surface area contributed by atoms with Crippen LogP contribution in [0.1, 0.15) is 194 Å². The van der Waals surface area contributed by atoms with Gasteiger partial charge < -0.3 is 58.9 Å². The number of benzene rings is 8. The molecule has 125 heavy (non-hydrogen) atoms. The number of hydrogen-bond donors (Lipinski definition) is 3. The van der Waals surface area contributed by atoms with Gasteiger partial charge in [0.2, 0.25) is 17.7 Å². The van der Waals surface area contributed by atoms with Gasteiger partial charge in [-0.25, -0.2) is 14.4 Å². The number of halogens is 9. The van der Waals surface area contributed by atoms with Gasteiger partial charge in [0, 0.05) is 53.0 Å². The van der Waals surface area contributed by atoms with Crippen LogP contribution >= 0.6 is 0 Å². The third kappa shape index (κ3) is 21.8. The molecule has 8 aromatic rings. The Morgan fingerprint density at radius 1 is 0.448 bits per heavy atom. The first-order valence-electron chi connectivity index (χ1n) is 42.0. The highest BCUT2D eigenvalue weighted by Gasteiger charge is 2.59. The first kappa shape index (κ1) is 93.3. The van der Waals surface area contributed by atoms with Gasteiger partial charge in [-0.3, -0.25) is 24.2 Å². The van der Waals surface area contributed by atoms with Gasteiger partial charge in [-0.2, -0.15) is 39.5 Å². The standard InChI is InChI=1S/C34H37F3N2O5.C33H35F3N2O4.C29H36F3N3O4/c1-24-17-27(19-29(18-24)34(35,36)37)25(2)44-22-33(28-11-7-4-8-12-28)16-15-32(14-13-30(41)39(32)23-40)21-38(33)31(42)43-20-26-9-5-3-6-10-26;1-23-17-26(19-28(18-23)33(34,35)36)24(2)42-22-32(27-11-7-4-8-12-27)16-15-31(14-13-29(39)37-31)21-38(32)30(40)41-20-25-9-5-3-6-10-25;1-20-14-22(16-24(15-20)29(30,31)32)21(2)38-18-28(23-8-6-5-7-9-23)13-12-27(17-33-28)11-10-25(36)35(27)19-39-26(37)34(3)4/h3-12,17-19,25,40H,13-16,20-23H2,1-2H3;3-12,17-19,24H,13-16,20-22H2,1-2H3,(H,37,39);5-9,14-16,21,33H,10-13,17-19H2,1-4H3/t25-,32-,33-;24-,31-,32-;21-,27-,28-/m111/s1. The van der Waals surface area contributed by atoms with E-state index in [4.69, 9.17) is 28.4 Å². The van der Waals surface area contributed by atoms with Crippen molar-refractivity contribution in [2.24, 2.45) is 0 Å². The number of amides is 6. The number of nitrogens with zero attached hydrogens (tertiary/aromatic N) is 5. The lowest BCUT2D eigenvalue weighted by molar-refractivity contribution is -0.143. The predicted octanol–water partition coefficient (Wildman–Crippen LogP) is 19.2. The quantitative estimate of drug-likeness (QED) is 0.0425. The van der Waals surface area contributed by atoms with Crippen molar-refractivity contribution in [3.8, 4) is 0 Å². The van der Waals surface area contributed by atoms with Crippen molar-refractivity contribution in [2.75, 3.05) is 67.0 Å². The predicted molar refractivity (Wildman–Crippen MR) is 448 cm³/mol. The fourth-order valence-electron chi connectivity index (χ4n) is 18.1. The van der Waals surface area contributed by atoms with Crippen molar-refractivity contribution < 1.29 is 102 Å². The van der Waals surface area contributed by atoms with E-state index in [9.17, 15) is 73.4 Å². The van der Waals surface area contributed by atoms with Gasteiger partial charge in [0.05, 0.1) is 88.1 Å². The molecule has 0 unspecified atom stereocenters. The van der Waals surface area contributed by atoms with Crippen molar-refractivity contribution in [3.05, 3.63) is 284 Å². The van der Waals surface area contributed by atoms with E-state index in [1.165, 1.54) is 9.80 Å². The highest BCUT2D eigenvalue weighted by Crippen LogP contribution is 2.51. The number of ether oxygens (including phenoxy) is 6. The van der Waals surface area contributed by atoms with Gasteiger partial charge in [0.15, 0.2) is 6.73 Å². The summed E-state index contributed by atoms with van der Waals surface area (Å²) >= 11 is 0. The number of alkyl halides is 9. The van der Waals surface area contributed by atoms with Crippen LogP contribution in [-0.2, 0) is 91.2 Å². The zero-order valence-corrected chi connectivity index (χ0v) is 71.4. The van der Waals surface area contributed by atoms with E-state index in [0.717, 1.165) is 64.2 Å². The van der Waals surface area contributed by atoms with Crippen molar-refractivity contribution in [1.29, 1.82) is 0 Å². The van der Waals surface area contributed by atoms with E-state index in [1.54, 1.807) is 88.5 Å². The average molecular weight is 1740 g/mol. The normalized spacial score (nSPS) is 23.3. The molecule has 3 spiro atoms. The lowest BCUT2D eigenvalue weighted by Gasteiger charge is -2.54. The molecule has 668 valence electrons. The molecule has 6 amide bonds. The number of likely N-dealkylation sites (tertiary alicyclic amines) is 4. The number of carbonyl (C=O) groups excluding carboxylic acids is 6. The van der Waals surface area contributed by atoms with Crippen molar-refractivity contribution in [3.63, 3.8) is 0 Å². The zero-order valence-electron chi connectivity index (χ0n) is 71.4. The van der Waals surface area contributed by atoms with Gasteiger partial charge in [-0.15, -0.1) is 0 Å². The summed E-state index contributed by atoms with van der Waals surface area (Å²) in [7, 11) is 3.17. The third-order valence-electron chi connectivity index (χ3n) is 25.4. The molecule has 9 atom stereocenters. The maximum Gasteiger partial charge on any atom is 0.416 e. The molecule has 6 saturated heterocycles. The van der Waals surface area contributed by atoms with Crippen LogP contribution in [0.25, 0.3) is 0 Å². The maximum atomic E-state index is 14.0. The smallest absolute Gasteiger partial charge is 0.416 e. The molecule has 20 nitrogen and oxygen atoms in total. The Kier molecular flexibility index (Phi) is 29.1. The van der Waals surface area contributed by atoms with Crippen molar-refractivity contribution >= 4 is 36.0 Å². The summed E-state index contributed by atoms with van der Waals surface area (Å²) in [5.74, 6) is -0.285. The van der Waals surface area contributed by atoms with E-state index in [1.807, 2.05) is 152 Å². The molecule has 6 aliphatic rings. The Labute approximate surface area is 722 Å². The van der Waals surface area contributed by atoms with Crippen LogP contribution in [0, 0.1) is 20.8 Å². The first-order valence-corrected chi connectivity index (χ1v) is 42.0. The SMILES string of the molecule is Cc1cc([C@@H](C)OC[C@@]2(c3ccccc3)CC[C@]3(CCC(=O)N3)CN2C(=O)OCc2ccccc2)cc(C(F)(F)F)c1.Cc1cc([C@@H](C)OC[C@@]2(c3ccccc3)CC[C@]3(CCC(=O)N3CO)CN2C(=O)OCc2ccccc2)cc(C(F)(F)F)c1.Cc1cc([C@@H](C)OC[C@@]2(c3ccccc3)CC[C@]3(CCC(=O)N3COC(=O)N(C)C)CN2)cc(C(F)(F)F)c1. The minimum absolute atomic E-state index is 0.0253. The number of aliphatic hydroxyl groups excluding tert-OH is 1. The number of nitrogens with one attached hydrogen (secondary N) is 2. The van der Waals surface area contributed by atoms with E-state index < -0.39 is 112 Å². The van der Waals surface area contributed by atoms with E-state index in [2.05, 4.69) is 10.6 Å². The molecule has 3 N–H and O–H groups in total. The number of aliphatic hydroxyl groups is 1. The monoisotopic (exact) mass is 1740 g/mol. The summed E-state index contributed by atoms with van der Waals surface area (Å²) in [6.07, 6.45) is -11.1. The Bertz CT molecular complexity index is 5050. The second-order valence-corrected chi connectivity index (χ2v) is 34.1. The molecule has 0 saturated carbocycles. The van der Waals surface area contributed by atoms with Crippen LogP contribution in [0.3, 0.4) is 0 Å². The molecule has 6 aliphatic heterocycles. The fraction of sp³-hybridized carbons (Fsp3) is 0.438. The maximum absolute atomic E-state index is 14.0. The topological polar surface area (TPSA) is 218 Å². The van der Waals surface area contributed by atoms with Crippen LogP contribution in [0.5, 0.6) is 0 Å². The Morgan fingerprint density at radius 2 is 0.840 bits per heavy atom. The molecular weight excluding hydrogens is 1630 g/mol. The zero-order chi connectivity index (χ0) is 89.9. The average Bonchev–Trinajstić information content (AvgIpc) is 1.70. The number of piperidine rings is 3. The minimum atomic E-state index is -4.50. The molecule has 0 bridgehead atoms. The molecule has 29 heteroatoms. The van der Waals surface area contributed by atoms with Gasteiger partial charge in [-0.05, 0) is 180 Å². The Morgan fingerprint density at radius 3 is 1.24 bits per heavy atom. The van der Waals surface area contributed by atoms with E-state index in [0.29, 0.717) is 111 Å². The lowest BCUT2D eigenvalue weighted by Crippen LogP contribution is -2.65. The highest BCUT2D eigenvalue weighted by atomic mass is 19.4. The second-order valence-electron chi connectivity index (χ2n) is 34.1. The van der Waals surface area contributed by atoms with Crippen LogP contribution in [0.4, 0.5) is 53.9 Å². The number of rotatable bonds is 22. The summed E-state index contributed by atoms with van der Waals surface area (Å²) in [5, 5.41) is 16.9. The number of hydrogen-bond acceptors (Lipinski definition) is 14. The van der Waals surface area contributed by atoms with Gasteiger partial charge in [0.1, 0.15) is 19.9 Å². The number of aryl methyl sites for hydroxylation is 3. The van der Waals surface area contributed by atoms with E-state index >= 15 is 0 Å². The number of carbonyl (C=O) groups is 6. The summed E-state index contributed by atoms with van der Waals surface area (Å²) in [5.41, 5.74) is 0.297. The largest absolute Gasteiger partial charge is 0.445 e. The summed E-state index contributed by atoms with van der Waals surface area (Å²) < 4.78 is 158.